The number of ether oxygens (including phenoxy) is 1. The summed E-state index contributed by atoms with van der Waals surface area (Å²) in [5.74, 6) is 1.18. The maximum atomic E-state index is 13.2. The van der Waals surface area contributed by atoms with E-state index in [2.05, 4.69) is 34.1 Å². The van der Waals surface area contributed by atoms with Gasteiger partial charge in [0.25, 0.3) is 5.91 Å². The minimum atomic E-state index is -0.0388. The lowest BCUT2D eigenvalue weighted by Gasteiger charge is -2.34. The van der Waals surface area contributed by atoms with Crippen LogP contribution in [0, 0.1) is 6.92 Å². The number of hydrogen-bond acceptors (Lipinski definition) is 5. The number of piperazine rings is 1. The maximum absolute atomic E-state index is 13.2. The largest absolute Gasteiger partial charge is 0.494 e. The Labute approximate surface area is 187 Å². The number of aromatic nitrogens is 1. The highest BCUT2D eigenvalue weighted by Crippen LogP contribution is 2.30. The van der Waals surface area contributed by atoms with Crippen LogP contribution < -0.4 is 4.74 Å². The van der Waals surface area contributed by atoms with E-state index in [1.54, 1.807) is 0 Å². The van der Waals surface area contributed by atoms with Crippen LogP contribution in [0.2, 0.25) is 0 Å². The number of pyridine rings is 1. The van der Waals surface area contributed by atoms with Crippen molar-refractivity contribution in [3.8, 4) is 5.75 Å². The van der Waals surface area contributed by atoms with Crippen LogP contribution in [0.4, 0.5) is 0 Å². The van der Waals surface area contributed by atoms with Gasteiger partial charge in [-0.05, 0) is 43.7 Å². The monoisotopic (exact) mass is 429 g/mol. The van der Waals surface area contributed by atoms with Crippen LogP contribution in [0.1, 0.15) is 28.6 Å². The van der Waals surface area contributed by atoms with Crippen LogP contribution in [0.25, 0.3) is 21.9 Å². The lowest BCUT2D eigenvalue weighted by Crippen LogP contribution is -2.48. The standard InChI is InChI=1S/C26H27N3O3/c1-3-31-21-9-10-23-22(16-21)18(2)25(32-23)26(30)29-14-12-28(13-15-29)17-20-7-4-6-19-8-5-11-27-24(19)20/h4-11,16H,3,12-15,17H2,1-2H3. The molecule has 0 atom stereocenters. The van der Waals surface area contributed by atoms with Crippen molar-refractivity contribution in [3.05, 3.63) is 71.6 Å². The van der Waals surface area contributed by atoms with E-state index >= 15 is 0 Å². The molecule has 2 aromatic heterocycles. The van der Waals surface area contributed by atoms with Crippen molar-refractivity contribution < 1.29 is 13.9 Å². The Balaban J connectivity index is 1.28. The second kappa shape index (κ2) is 8.63. The number of fused-ring (bicyclic) bond motifs is 2. The highest BCUT2D eigenvalue weighted by Gasteiger charge is 2.27. The van der Waals surface area contributed by atoms with Gasteiger partial charge in [-0.15, -0.1) is 0 Å². The fraction of sp³-hybridized carbons (Fsp3) is 0.308. The van der Waals surface area contributed by atoms with Crippen LogP contribution in [-0.2, 0) is 6.54 Å². The van der Waals surface area contributed by atoms with Gasteiger partial charge in [-0.3, -0.25) is 14.7 Å². The molecule has 1 amide bonds. The Kier molecular flexibility index (Phi) is 5.53. The van der Waals surface area contributed by atoms with Crippen LogP contribution in [0.3, 0.4) is 0 Å². The molecular weight excluding hydrogens is 402 g/mol. The number of benzene rings is 2. The van der Waals surface area contributed by atoms with Gasteiger partial charge in [-0.2, -0.15) is 0 Å². The fourth-order valence-corrected chi connectivity index (χ4v) is 4.45. The van der Waals surface area contributed by atoms with Gasteiger partial charge in [0.1, 0.15) is 11.3 Å². The van der Waals surface area contributed by atoms with E-state index in [4.69, 9.17) is 9.15 Å². The number of para-hydroxylation sites is 1. The zero-order valence-corrected chi connectivity index (χ0v) is 18.5. The number of rotatable bonds is 5. The molecule has 0 saturated carbocycles. The number of hydrogen-bond donors (Lipinski definition) is 0. The molecule has 1 aliphatic heterocycles. The topological polar surface area (TPSA) is 58.8 Å². The van der Waals surface area contributed by atoms with Crippen molar-refractivity contribution in [1.29, 1.82) is 0 Å². The summed E-state index contributed by atoms with van der Waals surface area (Å²) in [6, 6.07) is 16.1. The number of aryl methyl sites for hydroxylation is 1. The molecule has 1 fully saturated rings. The first-order chi connectivity index (χ1) is 15.6. The van der Waals surface area contributed by atoms with Gasteiger partial charge in [0.2, 0.25) is 0 Å². The Morgan fingerprint density at radius 3 is 2.72 bits per heavy atom. The van der Waals surface area contributed by atoms with Gasteiger partial charge >= 0.3 is 0 Å². The van der Waals surface area contributed by atoms with E-state index in [-0.39, 0.29) is 5.91 Å². The number of carbonyl (C=O) groups excluding carboxylic acids is 1. The fourth-order valence-electron chi connectivity index (χ4n) is 4.45. The van der Waals surface area contributed by atoms with E-state index in [0.29, 0.717) is 25.5 Å². The number of amides is 1. The van der Waals surface area contributed by atoms with Crippen LogP contribution >= 0.6 is 0 Å². The normalized spacial score (nSPS) is 14.9. The molecule has 5 rings (SSSR count). The molecule has 3 heterocycles. The highest BCUT2D eigenvalue weighted by atomic mass is 16.5. The predicted molar refractivity (Wildman–Crippen MR) is 125 cm³/mol. The minimum Gasteiger partial charge on any atom is -0.494 e. The summed E-state index contributed by atoms with van der Waals surface area (Å²) in [5.41, 5.74) is 3.87. The summed E-state index contributed by atoms with van der Waals surface area (Å²) in [4.78, 5) is 22.1. The second-order valence-electron chi connectivity index (χ2n) is 8.21. The van der Waals surface area contributed by atoms with Crippen molar-refractivity contribution in [2.45, 2.75) is 20.4 Å². The van der Waals surface area contributed by atoms with Crippen molar-refractivity contribution in [3.63, 3.8) is 0 Å². The van der Waals surface area contributed by atoms with Gasteiger partial charge in [0, 0.05) is 55.3 Å². The van der Waals surface area contributed by atoms with Crippen molar-refractivity contribution in [2.75, 3.05) is 32.8 Å². The molecule has 2 aromatic carbocycles. The average Bonchev–Trinajstić information content (AvgIpc) is 3.15. The molecule has 164 valence electrons. The van der Waals surface area contributed by atoms with E-state index < -0.39 is 0 Å². The Morgan fingerprint density at radius 1 is 1.09 bits per heavy atom. The molecule has 0 N–H and O–H groups in total. The van der Waals surface area contributed by atoms with Gasteiger partial charge in [0.05, 0.1) is 12.1 Å². The summed E-state index contributed by atoms with van der Waals surface area (Å²) in [7, 11) is 0. The van der Waals surface area contributed by atoms with E-state index in [9.17, 15) is 4.79 Å². The Bertz CT molecular complexity index is 1270. The second-order valence-corrected chi connectivity index (χ2v) is 8.21. The molecule has 6 heteroatoms. The van der Waals surface area contributed by atoms with Crippen molar-refractivity contribution >= 4 is 27.8 Å². The first-order valence-corrected chi connectivity index (χ1v) is 11.1. The van der Waals surface area contributed by atoms with E-state index in [0.717, 1.165) is 52.8 Å². The minimum absolute atomic E-state index is 0.0388. The van der Waals surface area contributed by atoms with Crippen molar-refractivity contribution in [1.82, 2.24) is 14.8 Å². The summed E-state index contributed by atoms with van der Waals surface area (Å²) >= 11 is 0. The smallest absolute Gasteiger partial charge is 0.289 e. The molecule has 0 radical (unpaired) electrons. The van der Waals surface area contributed by atoms with Gasteiger partial charge < -0.3 is 14.1 Å². The third-order valence-electron chi connectivity index (χ3n) is 6.18. The van der Waals surface area contributed by atoms with Gasteiger partial charge in [0.15, 0.2) is 5.76 Å². The molecule has 1 saturated heterocycles. The average molecular weight is 430 g/mol. The number of carbonyl (C=O) groups is 1. The molecule has 0 spiro atoms. The molecule has 1 aliphatic rings. The van der Waals surface area contributed by atoms with E-state index in [1.165, 1.54) is 5.56 Å². The van der Waals surface area contributed by atoms with Crippen LogP contribution in [-0.4, -0.2) is 53.5 Å². The molecule has 0 bridgehead atoms. The van der Waals surface area contributed by atoms with Crippen LogP contribution in [0.15, 0.2) is 59.1 Å². The molecular formula is C26H27N3O3. The zero-order chi connectivity index (χ0) is 22.1. The Morgan fingerprint density at radius 2 is 1.91 bits per heavy atom. The lowest BCUT2D eigenvalue weighted by atomic mass is 10.1. The molecule has 0 unspecified atom stereocenters. The molecule has 4 aromatic rings. The quantitative estimate of drug-likeness (QED) is 0.462. The third kappa shape index (κ3) is 3.82. The third-order valence-corrected chi connectivity index (χ3v) is 6.18. The van der Waals surface area contributed by atoms with Gasteiger partial charge in [-0.1, -0.05) is 24.3 Å². The predicted octanol–water partition coefficient (Wildman–Crippen LogP) is 4.65. The first-order valence-electron chi connectivity index (χ1n) is 11.1. The number of furan rings is 1. The zero-order valence-electron chi connectivity index (χ0n) is 18.5. The lowest BCUT2D eigenvalue weighted by molar-refractivity contribution is 0.0599. The SMILES string of the molecule is CCOc1ccc2oc(C(=O)N3CCN(Cc4cccc5cccnc45)CC3)c(C)c2c1. The maximum Gasteiger partial charge on any atom is 0.289 e. The molecule has 0 aliphatic carbocycles. The van der Waals surface area contributed by atoms with E-state index in [1.807, 2.05) is 49.2 Å². The Hall–Kier alpha value is -3.38. The summed E-state index contributed by atoms with van der Waals surface area (Å²) in [6.07, 6.45) is 1.84. The summed E-state index contributed by atoms with van der Waals surface area (Å²) < 4.78 is 11.5. The highest BCUT2D eigenvalue weighted by molar-refractivity contribution is 5.99. The van der Waals surface area contributed by atoms with Gasteiger partial charge in [-0.25, -0.2) is 0 Å². The number of nitrogens with zero attached hydrogens (tertiary/aromatic N) is 3. The summed E-state index contributed by atoms with van der Waals surface area (Å²) in [5, 5.41) is 2.09. The summed E-state index contributed by atoms with van der Waals surface area (Å²) in [6.45, 7) is 8.34. The first kappa shape index (κ1) is 20.5. The molecule has 6 nitrogen and oxygen atoms in total. The van der Waals surface area contributed by atoms with Crippen molar-refractivity contribution in [2.24, 2.45) is 0 Å². The van der Waals surface area contributed by atoms with Crippen LogP contribution in [0.5, 0.6) is 5.75 Å². The molecule has 32 heavy (non-hydrogen) atoms.